The lowest BCUT2D eigenvalue weighted by Crippen LogP contribution is -2.54. The topological polar surface area (TPSA) is 167 Å². The number of hydrazine groups is 1. The zero-order chi connectivity index (χ0) is 20.5. The van der Waals surface area contributed by atoms with Gasteiger partial charge in [0.15, 0.2) is 0 Å². The number of piperazine rings is 1. The van der Waals surface area contributed by atoms with Crippen LogP contribution in [-0.2, 0) is 14.3 Å². The third kappa shape index (κ3) is 6.41. The van der Waals surface area contributed by atoms with Gasteiger partial charge in [0.05, 0.1) is 0 Å². The molecule has 0 aliphatic carbocycles. The first kappa shape index (κ1) is 20.9. The highest BCUT2D eigenvalue weighted by Crippen LogP contribution is 2.14. The van der Waals surface area contributed by atoms with Crippen molar-refractivity contribution in [1.82, 2.24) is 21.1 Å². The van der Waals surface area contributed by atoms with E-state index in [0.717, 1.165) is 0 Å². The Morgan fingerprint density at radius 3 is 2.29 bits per heavy atom. The van der Waals surface area contributed by atoms with Crippen LogP contribution in [0, 0.1) is 0 Å². The molecule has 12 nitrogen and oxygen atoms in total. The smallest absolute Gasteiger partial charge is 0.373 e. The fourth-order valence-corrected chi connectivity index (χ4v) is 2.24. The predicted octanol–water partition coefficient (Wildman–Crippen LogP) is -1.16. The molecule has 0 saturated carbocycles. The van der Waals surface area contributed by atoms with E-state index in [2.05, 4.69) is 20.9 Å². The first-order valence-corrected chi connectivity index (χ1v) is 8.25. The molecule has 0 radical (unpaired) electrons. The van der Waals surface area contributed by atoms with Crippen LogP contribution in [0.5, 0.6) is 5.75 Å². The fraction of sp³-hybridized carbons (Fsp3) is 0.375. The van der Waals surface area contributed by atoms with Gasteiger partial charge >= 0.3 is 18.0 Å². The van der Waals surface area contributed by atoms with Crippen molar-refractivity contribution in [2.45, 2.75) is 6.29 Å². The Labute approximate surface area is 159 Å². The molecule has 1 heterocycles. The maximum absolute atomic E-state index is 12.1. The van der Waals surface area contributed by atoms with E-state index in [1.165, 1.54) is 24.3 Å². The molecular weight excluding hydrogens is 376 g/mol. The number of benzene rings is 1. The second-order valence-electron chi connectivity index (χ2n) is 5.64. The number of urea groups is 1. The number of carboxylic acid groups (broad SMARTS) is 2. The molecule has 1 fully saturated rings. The normalized spacial score (nSPS) is 14.6. The summed E-state index contributed by atoms with van der Waals surface area (Å²) >= 11 is 0. The summed E-state index contributed by atoms with van der Waals surface area (Å²) in [4.78, 5) is 47.0. The van der Waals surface area contributed by atoms with E-state index >= 15 is 0 Å². The van der Waals surface area contributed by atoms with Crippen molar-refractivity contribution in [3.05, 3.63) is 29.8 Å². The molecule has 1 aromatic carbocycles. The first-order chi connectivity index (χ1) is 13.4. The van der Waals surface area contributed by atoms with Crippen LogP contribution in [-0.4, -0.2) is 78.1 Å². The van der Waals surface area contributed by atoms with Crippen molar-refractivity contribution in [3.8, 4) is 5.75 Å². The van der Waals surface area contributed by atoms with E-state index in [4.69, 9.17) is 14.9 Å². The minimum Gasteiger partial charge on any atom is -0.480 e. The van der Waals surface area contributed by atoms with Crippen LogP contribution >= 0.6 is 0 Å². The summed E-state index contributed by atoms with van der Waals surface area (Å²) in [6, 6.07) is 4.89. The minimum atomic E-state index is -1.81. The number of carbonyl (C=O) groups excluding carboxylic acids is 2. The van der Waals surface area contributed by atoms with Crippen LogP contribution in [0.3, 0.4) is 0 Å². The van der Waals surface area contributed by atoms with Gasteiger partial charge in [-0.15, -0.1) is 0 Å². The fourth-order valence-electron chi connectivity index (χ4n) is 2.24. The van der Waals surface area contributed by atoms with Crippen molar-refractivity contribution >= 4 is 23.9 Å². The number of ether oxygens (including phenoxy) is 2. The van der Waals surface area contributed by atoms with Gasteiger partial charge < -0.3 is 29.9 Å². The van der Waals surface area contributed by atoms with Crippen LogP contribution in [0.1, 0.15) is 10.4 Å². The zero-order valence-corrected chi connectivity index (χ0v) is 14.7. The largest absolute Gasteiger partial charge is 0.480 e. The Morgan fingerprint density at radius 1 is 1.07 bits per heavy atom. The number of amides is 3. The monoisotopic (exact) mass is 396 g/mol. The summed E-state index contributed by atoms with van der Waals surface area (Å²) in [5, 5.41) is 20.6. The van der Waals surface area contributed by atoms with Gasteiger partial charge in [-0.25, -0.2) is 19.8 Å². The maximum Gasteiger partial charge on any atom is 0.373 e. The Kier molecular flexibility index (Phi) is 7.54. The van der Waals surface area contributed by atoms with Gasteiger partial charge in [-0.1, -0.05) is 0 Å². The summed E-state index contributed by atoms with van der Waals surface area (Å²) in [6.45, 7) is 1.57. The van der Waals surface area contributed by atoms with Gasteiger partial charge in [-0.3, -0.25) is 10.2 Å². The number of nitrogens with zero attached hydrogens (tertiary/aromatic N) is 1. The summed E-state index contributed by atoms with van der Waals surface area (Å²) in [7, 11) is 0. The molecule has 5 N–H and O–H groups in total. The van der Waals surface area contributed by atoms with E-state index in [0.29, 0.717) is 26.2 Å². The maximum atomic E-state index is 12.1. The van der Waals surface area contributed by atoms with Crippen LogP contribution in [0.4, 0.5) is 4.79 Å². The first-order valence-electron chi connectivity index (χ1n) is 8.25. The van der Waals surface area contributed by atoms with E-state index in [-0.39, 0.29) is 11.3 Å². The zero-order valence-electron chi connectivity index (χ0n) is 14.7. The summed E-state index contributed by atoms with van der Waals surface area (Å²) in [5.74, 6) is -3.37. The van der Waals surface area contributed by atoms with Gasteiger partial charge in [-0.2, -0.15) is 0 Å². The number of carbonyl (C=O) groups is 4. The Morgan fingerprint density at radius 2 is 1.71 bits per heavy atom. The van der Waals surface area contributed by atoms with Crippen LogP contribution in [0.15, 0.2) is 24.3 Å². The molecule has 1 aromatic rings. The lowest BCUT2D eigenvalue weighted by Gasteiger charge is -2.27. The molecule has 3 amide bonds. The molecule has 152 valence electrons. The number of nitrogens with one attached hydrogen (secondary N) is 3. The Hall–Kier alpha value is -3.38. The van der Waals surface area contributed by atoms with Crippen LogP contribution in [0.25, 0.3) is 0 Å². The van der Waals surface area contributed by atoms with Crippen molar-refractivity contribution in [3.63, 3.8) is 0 Å². The van der Waals surface area contributed by atoms with Crippen molar-refractivity contribution in [2.24, 2.45) is 0 Å². The molecule has 2 rings (SSSR count). The van der Waals surface area contributed by atoms with Gasteiger partial charge in [-0.05, 0) is 24.3 Å². The highest BCUT2D eigenvalue weighted by atomic mass is 16.7. The van der Waals surface area contributed by atoms with Gasteiger partial charge in [0.1, 0.15) is 12.4 Å². The summed E-state index contributed by atoms with van der Waals surface area (Å²) in [5.41, 5.74) is 4.78. The SMILES string of the molecule is O=C(O)COC(Oc1ccc(C(=O)NNC(=O)N2CCNCC2)cc1)C(=O)O. The van der Waals surface area contributed by atoms with Crippen LogP contribution < -0.4 is 20.9 Å². The van der Waals surface area contributed by atoms with E-state index in [1.807, 2.05) is 0 Å². The highest BCUT2D eigenvalue weighted by Gasteiger charge is 2.22. The third-order valence-electron chi connectivity index (χ3n) is 3.61. The number of aliphatic carboxylic acids is 2. The predicted molar refractivity (Wildman–Crippen MR) is 92.5 cm³/mol. The average Bonchev–Trinajstić information content (AvgIpc) is 2.69. The standard InChI is InChI=1S/C16H20N4O8/c21-12(22)9-27-15(14(24)25)28-11-3-1-10(2-4-11)13(23)18-19-16(26)20-7-5-17-6-8-20/h1-4,15,17H,5-9H2,(H,18,23)(H,19,26)(H,21,22)(H,24,25). The van der Waals surface area contributed by atoms with E-state index < -0.39 is 36.8 Å². The Bertz CT molecular complexity index is 718. The molecule has 1 aliphatic rings. The molecule has 1 saturated heterocycles. The molecule has 0 aromatic heterocycles. The molecule has 0 bridgehead atoms. The summed E-state index contributed by atoms with van der Waals surface area (Å²) < 4.78 is 9.65. The quantitative estimate of drug-likeness (QED) is 0.282. The molecular formula is C16H20N4O8. The van der Waals surface area contributed by atoms with Gasteiger partial charge in [0.25, 0.3) is 12.2 Å². The molecule has 1 aliphatic heterocycles. The lowest BCUT2D eigenvalue weighted by atomic mass is 10.2. The van der Waals surface area contributed by atoms with Gasteiger partial charge in [0, 0.05) is 31.7 Å². The number of hydrogen-bond donors (Lipinski definition) is 5. The number of carboxylic acids is 2. The van der Waals surface area contributed by atoms with Crippen molar-refractivity contribution in [2.75, 3.05) is 32.8 Å². The third-order valence-corrected chi connectivity index (χ3v) is 3.61. The van der Waals surface area contributed by atoms with Gasteiger partial charge in [0.2, 0.25) is 0 Å². The summed E-state index contributed by atoms with van der Waals surface area (Å²) in [6.07, 6.45) is -1.81. The second-order valence-corrected chi connectivity index (χ2v) is 5.64. The Balaban J connectivity index is 1.86. The van der Waals surface area contributed by atoms with Crippen molar-refractivity contribution < 1.29 is 38.9 Å². The molecule has 28 heavy (non-hydrogen) atoms. The van der Waals surface area contributed by atoms with Crippen molar-refractivity contribution in [1.29, 1.82) is 0 Å². The second kappa shape index (κ2) is 10.1. The highest BCUT2D eigenvalue weighted by molar-refractivity contribution is 5.95. The molecule has 0 spiro atoms. The van der Waals surface area contributed by atoms with E-state index in [1.54, 1.807) is 4.90 Å². The van der Waals surface area contributed by atoms with E-state index in [9.17, 15) is 19.2 Å². The minimum absolute atomic E-state index is 0.0548. The lowest BCUT2D eigenvalue weighted by molar-refractivity contribution is -0.175. The molecule has 1 unspecified atom stereocenters. The number of hydrogen-bond acceptors (Lipinski definition) is 7. The van der Waals surface area contributed by atoms with Crippen LogP contribution in [0.2, 0.25) is 0 Å². The average molecular weight is 396 g/mol. The molecule has 12 heteroatoms. The number of rotatable bonds is 7. The molecule has 1 atom stereocenters.